The molecular formula is C9H12CaO2. The molecular weight excluding hydrogens is 180 g/mol. The maximum atomic E-state index is 10.2. The van der Waals surface area contributed by atoms with Crippen molar-refractivity contribution in [3.63, 3.8) is 0 Å². The fraction of sp³-hybridized carbons (Fsp3) is 0.222. The number of hydrogen-bond donors (Lipinski definition) is 1. The zero-order valence-corrected chi connectivity index (χ0v) is 6.16. The van der Waals surface area contributed by atoms with Gasteiger partial charge >= 0.3 is 43.7 Å². The van der Waals surface area contributed by atoms with Gasteiger partial charge in [-0.1, -0.05) is 30.3 Å². The number of carboxylic acids is 1. The molecule has 1 aromatic rings. The molecule has 0 atom stereocenters. The zero-order valence-electron chi connectivity index (χ0n) is 6.16. The molecule has 1 rings (SSSR count). The number of rotatable bonds is 3. The normalized spacial score (nSPS) is 8.67. The van der Waals surface area contributed by atoms with E-state index in [9.17, 15) is 4.79 Å². The number of aryl methyl sites for hydroxylation is 1. The monoisotopic (exact) mass is 192 g/mol. The Morgan fingerprint density at radius 1 is 1.25 bits per heavy atom. The van der Waals surface area contributed by atoms with Crippen molar-refractivity contribution in [2.75, 3.05) is 0 Å². The SMILES string of the molecule is O=C(O)CCc1ccccc1.[CaH2]. The van der Waals surface area contributed by atoms with Crippen molar-refractivity contribution >= 4 is 43.7 Å². The van der Waals surface area contributed by atoms with Gasteiger partial charge in [0.1, 0.15) is 0 Å². The summed E-state index contributed by atoms with van der Waals surface area (Å²) in [6.45, 7) is 0. The minimum absolute atomic E-state index is 0. The Kier molecular flexibility index (Phi) is 6.44. The summed E-state index contributed by atoms with van der Waals surface area (Å²) in [7, 11) is 0. The van der Waals surface area contributed by atoms with Gasteiger partial charge in [0.2, 0.25) is 0 Å². The van der Waals surface area contributed by atoms with Crippen LogP contribution >= 0.6 is 0 Å². The average molecular weight is 192 g/mol. The molecule has 0 unspecified atom stereocenters. The van der Waals surface area contributed by atoms with Crippen molar-refractivity contribution in [2.45, 2.75) is 12.8 Å². The molecule has 0 aromatic heterocycles. The number of carboxylic acid groups (broad SMARTS) is 1. The third-order valence-corrected chi connectivity index (χ3v) is 1.47. The van der Waals surface area contributed by atoms with Gasteiger partial charge in [0.15, 0.2) is 0 Å². The van der Waals surface area contributed by atoms with E-state index in [4.69, 9.17) is 5.11 Å². The molecule has 0 saturated carbocycles. The number of aliphatic carboxylic acids is 1. The van der Waals surface area contributed by atoms with Gasteiger partial charge in [0.25, 0.3) is 0 Å². The van der Waals surface area contributed by atoms with E-state index in [-0.39, 0.29) is 44.2 Å². The van der Waals surface area contributed by atoms with Crippen LogP contribution in [0.1, 0.15) is 12.0 Å². The van der Waals surface area contributed by atoms with Crippen molar-refractivity contribution in [2.24, 2.45) is 0 Å². The first-order valence-electron chi connectivity index (χ1n) is 3.55. The molecule has 0 radical (unpaired) electrons. The fourth-order valence-corrected chi connectivity index (χ4v) is 0.896. The maximum absolute atomic E-state index is 10.2. The molecule has 0 spiro atoms. The molecule has 12 heavy (non-hydrogen) atoms. The van der Waals surface area contributed by atoms with E-state index in [2.05, 4.69) is 0 Å². The van der Waals surface area contributed by atoms with E-state index in [0.717, 1.165) is 5.56 Å². The van der Waals surface area contributed by atoms with Crippen molar-refractivity contribution in [1.82, 2.24) is 0 Å². The second kappa shape index (κ2) is 6.46. The first-order chi connectivity index (χ1) is 5.29. The third kappa shape index (κ3) is 4.75. The Bertz CT molecular complexity index is 234. The fourth-order valence-electron chi connectivity index (χ4n) is 0.896. The molecule has 3 heteroatoms. The van der Waals surface area contributed by atoms with Crippen LogP contribution in [0.5, 0.6) is 0 Å². The molecule has 0 saturated heterocycles. The van der Waals surface area contributed by atoms with Crippen LogP contribution in [-0.2, 0) is 11.2 Å². The van der Waals surface area contributed by atoms with E-state index in [1.54, 1.807) is 0 Å². The summed E-state index contributed by atoms with van der Waals surface area (Å²) in [5.41, 5.74) is 1.08. The van der Waals surface area contributed by atoms with Crippen LogP contribution in [0.3, 0.4) is 0 Å². The first-order valence-corrected chi connectivity index (χ1v) is 3.55. The molecule has 0 fully saturated rings. The quantitative estimate of drug-likeness (QED) is 0.719. The molecule has 0 aliphatic heterocycles. The van der Waals surface area contributed by atoms with Crippen LogP contribution in [0.4, 0.5) is 0 Å². The predicted octanol–water partition coefficient (Wildman–Crippen LogP) is 0.788. The van der Waals surface area contributed by atoms with Crippen LogP contribution in [0, 0.1) is 0 Å². The molecule has 0 aliphatic rings. The van der Waals surface area contributed by atoms with Gasteiger partial charge in [-0.15, -0.1) is 0 Å². The van der Waals surface area contributed by atoms with Crippen LogP contribution in [-0.4, -0.2) is 48.8 Å². The van der Waals surface area contributed by atoms with Gasteiger partial charge in [0, 0.05) is 6.42 Å². The summed E-state index contributed by atoms with van der Waals surface area (Å²) < 4.78 is 0. The Labute approximate surface area is 102 Å². The summed E-state index contributed by atoms with van der Waals surface area (Å²) >= 11 is 0. The first kappa shape index (κ1) is 11.9. The molecule has 1 aromatic carbocycles. The van der Waals surface area contributed by atoms with E-state index in [1.807, 2.05) is 30.3 Å². The third-order valence-electron chi connectivity index (χ3n) is 1.47. The Morgan fingerprint density at radius 2 is 1.83 bits per heavy atom. The van der Waals surface area contributed by atoms with Gasteiger partial charge in [-0.2, -0.15) is 0 Å². The number of benzene rings is 1. The molecule has 1 N–H and O–H groups in total. The summed E-state index contributed by atoms with van der Waals surface area (Å²) in [5.74, 6) is -0.742. The summed E-state index contributed by atoms with van der Waals surface area (Å²) in [5, 5.41) is 8.37. The van der Waals surface area contributed by atoms with Gasteiger partial charge in [0.05, 0.1) is 0 Å². The molecule has 0 heterocycles. The van der Waals surface area contributed by atoms with Crippen LogP contribution in [0.25, 0.3) is 0 Å². The van der Waals surface area contributed by atoms with Crippen LogP contribution in [0.2, 0.25) is 0 Å². The molecule has 62 valence electrons. The van der Waals surface area contributed by atoms with Gasteiger partial charge in [-0.3, -0.25) is 4.79 Å². The Hall–Kier alpha value is -0.0503. The second-order valence-electron chi connectivity index (χ2n) is 2.38. The van der Waals surface area contributed by atoms with Crippen LogP contribution in [0.15, 0.2) is 30.3 Å². The van der Waals surface area contributed by atoms with Gasteiger partial charge < -0.3 is 5.11 Å². The van der Waals surface area contributed by atoms with Gasteiger partial charge in [-0.05, 0) is 12.0 Å². The van der Waals surface area contributed by atoms with Crippen molar-refractivity contribution in [3.8, 4) is 0 Å². The molecule has 2 nitrogen and oxygen atoms in total. The minimum atomic E-state index is -0.742. The average Bonchev–Trinajstić information content (AvgIpc) is 2.03. The Balaban J connectivity index is 0.00000121. The van der Waals surface area contributed by atoms with E-state index in [0.29, 0.717) is 6.42 Å². The van der Waals surface area contributed by atoms with Crippen molar-refractivity contribution < 1.29 is 9.90 Å². The standard InChI is InChI=1S/C9H10O2.Ca.2H/c10-9(11)7-6-8-4-2-1-3-5-8;;;/h1-5H,6-7H2,(H,10,11);;;. The molecule has 0 amide bonds. The molecule has 0 bridgehead atoms. The van der Waals surface area contributed by atoms with E-state index >= 15 is 0 Å². The number of hydrogen-bond acceptors (Lipinski definition) is 1. The summed E-state index contributed by atoms with van der Waals surface area (Å²) in [6, 6.07) is 9.62. The number of carbonyl (C=O) groups is 1. The molecule has 0 aliphatic carbocycles. The van der Waals surface area contributed by atoms with Crippen molar-refractivity contribution in [1.29, 1.82) is 0 Å². The summed E-state index contributed by atoms with van der Waals surface area (Å²) in [4.78, 5) is 10.2. The van der Waals surface area contributed by atoms with Gasteiger partial charge in [-0.25, -0.2) is 0 Å². The van der Waals surface area contributed by atoms with E-state index in [1.165, 1.54) is 0 Å². The predicted molar refractivity (Wildman–Crippen MR) is 50.9 cm³/mol. The van der Waals surface area contributed by atoms with Crippen molar-refractivity contribution in [3.05, 3.63) is 35.9 Å². The second-order valence-corrected chi connectivity index (χ2v) is 2.38. The van der Waals surface area contributed by atoms with E-state index < -0.39 is 5.97 Å². The zero-order chi connectivity index (χ0) is 8.10. The Morgan fingerprint density at radius 3 is 2.33 bits per heavy atom. The van der Waals surface area contributed by atoms with Crippen LogP contribution < -0.4 is 0 Å². The summed E-state index contributed by atoms with van der Waals surface area (Å²) in [6.07, 6.45) is 0.834. The topological polar surface area (TPSA) is 37.3 Å².